The van der Waals surface area contributed by atoms with E-state index >= 15 is 0 Å². The number of Topliss-reactive ketones (excluding diaryl/α,β-unsaturated/α-hetero) is 1. The van der Waals surface area contributed by atoms with Gasteiger partial charge in [-0.3, -0.25) is 14.4 Å². The van der Waals surface area contributed by atoms with Gasteiger partial charge < -0.3 is 9.64 Å². The molecule has 1 amide bonds. The molecule has 1 aliphatic carbocycles. The Balaban J connectivity index is 2.08. The Bertz CT molecular complexity index is 639. The summed E-state index contributed by atoms with van der Waals surface area (Å²) >= 11 is 3.36. The van der Waals surface area contributed by atoms with Crippen molar-refractivity contribution in [2.75, 3.05) is 11.5 Å². The van der Waals surface area contributed by atoms with Gasteiger partial charge in [-0.1, -0.05) is 15.9 Å². The zero-order chi connectivity index (χ0) is 15.1. The summed E-state index contributed by atoms with van der Waals surface area (Å²) in [5.74, 6) is -3.06. The van der Waals surface area contributed by atoms with Gasteiger partial charge in [0.2, 0.25) is 5.91 Å². The number of esters is 1. The molecule has 0 aromatic heterocycles. The molecular formula is C15H14BrNO4. The van der Waals surface area contributed by atoms with Gasteiger partial charge in [-0.2, -0.15) is 0 Å². The van der Waals surface area contributed by atoms with Crippen molar-refractivity contribution in [3.8, 4) is 0 Å². The molecule has 21 heavy (non-hydrogen) atoms. The number of carbonyl (C=O) groups excluding carboxylic acids is 3. The number of nitrogens with zero attached hydrogens (tertiary/aromatic N) is 1. The van der Waals surface area contributed by atoms with Crippen LogP contribution in [0.15, 0.2) is 22.7 Å². The van der Waals surface area contributed by atoms with E-state index in [1.54, 1.807) is 30.0 Å². The van der Waals surface area contributed by atoms with Crippen LogP contribution in [0.1, 0.15) is 30.1 Å². The van der Waals surface area contributed by atoms with Crippen LogP contribution in [0, 0.1) is 5.92 Å². The zero-order valence-electron chi connectivity index (χ0n) is 11.5. The summed E-state index contributed by atoms with van der Waals surface area (Å²) in [6.45, 7) is 1.80. The van der Waals surface area contributed by atoms with Crippen molar-refractivity contribution >= 4 is 39.3 Å². The average molecular weight is 352 g/mol. The minimum Gasteiger partial charge on any atom is -0.465 e. The Kier molecular flexibility index (Phi) is 3.57. The molecule has 1 heterocycles. The van der Waals surface area contributed by atoms with E-state index in [1.165, 1.54) is 0 Å². The van der Waals surface area contributed by atoms with Crippen molar-refractivity contribution in [3.05, 3.63) is 28.2 Å². The fraction of sp³-hybridized carbons (Fsp3) is 0.400. The summed E-state index contributed by atoms with van der Waals surface area (Å²) in [5.41, 5.74) is 0.991. The van der Waals surface area contributed by atoms with Crippen LogP contribution in [-0.2, 0) is 14.3 Å². The lowest BCUT2D eigenvalue weighted by Gasteiger charge is -2.32. The highest BCUT2D eigenvalue weighted by Crippen LogP contribution is 2.40. The van der Waals surface area contributed by atoms with Gasteiger partial charge in [0.25, 0.3) is 0 Å². The Labute approximate surface area is 130 Å². The molecule has 110 valence electrons. The van der Waals surface area contributed by atoms with Crippen molar-refractivity contribution < 1.29 is 19.1 Å². The number of ketones is 1. The normalized spacial score (nSPS) is 21.2. The summed E-state index contributed by atoms with van der Waals surface area (Å²) in [6.07, 6.45) is 1.78. The number of hydrogen-bond acceptors (Lipinski definition) is 4. The molecule has 3 rings (SSSR count). The van der Waals surface area contributed by atoms with E-state index in [0.29, 0.717) is 11.3 Å². The van der Waals surface area contributed by atoms with Gasteiger partial charge in [-0.05, 0) is 38.0 Å². The number of hydrogen-bond donors (Lipinski definition) is 0. The van der Waals surface area contributed by atoms with Gasteiger partial charge in [0.05, 0.1) is 12.3 Å². The van der Waals surface area contributed by atoms with Crippen LogP contribution < -0.4 is 4.90 Å². The van der Waals surface area contributed by atoms with E-state index in [1.807, 2.05) is 0 Å². The molecule has 0 radical (unpaired) electrons. The smallest absolute Gasteiger partial charge is 0.326 e. The minimum atomic E-state index is -1.36. The van der Waals surface area contributed by atoms with E-state index < -0.39 is 23.6 Å². The van der Waals surface area contributed by atoms with Gasteiger partial charge in [0.1, 0.15) is 0 Å². The van der Waals surface area contributed by atoms with Gasteiger partial charge in [0.15, 0.2) is 11.7 Å². The number of amides is 1. The Hall–Kier alpha value is -1.69. The molecule has 0 N–H and O–H groups in total. The number of rotatable bonds is 3. The van der Waals surface area contributed by atoms with E-state index in [9.17, 15) is 14.4 Å². The quantitative estimate of drug-likeness (QED) is 0.619. The van der Waals surface area contributed by atoms with Crippen LogP contribution in [0.4, 0.5) is 5.69 Å². The van der Waals surface area contributed by atoms with Crippen LogP contribution in [0.25, 0.3) is 0 Å². The summed E-state index contributed by atoms with van der Waals surface area (Å²) in [6, 6.07) is 5.22. The maximum absolute atomic E-state index is 12.6. The second kappa shape index (κ2) is 5.26. The highest BCUT2D eigenvalue weighted by molar-refractivity contribution is 9.10. The zero-order valence-corrected chi connectivity index (χ0v) is 13.1. The average Bonchev–Trinajstić information content (AvgIpc) is 3.23. The lowest BCUT2D eigenvalue weighted by molar-refractivity contribution is -0.149. The van der Waals surface area contributed by atoms with Gasteiger partial charge >= 0.3 is 5.97 Å². The SMILES string of the molecule is CCOC(=O)C1C(=O)c2ccc(Br)cc2N(C2CC2)C1=O. The van der Waals surface area contributed by atoms with E-state index in [2.05, 4.69) is 15.9 Å². The number of ether oxygens (including phenoxy) is 1. The van der Waals surface area contributed by atoms with Crippen molar-refractivity contribution in [2.45, 2.75) is 25.8 Å². The first-order chi connectivity index (χ1) is 10.0. The van der Waals surface area contributed by atoms with E-state index in [0.717, 1.165) is 17.3 Å². The molecule has 1 aromatic rings. The topological polar surface area (TPSA) is 63.7 Å². The monoisotopic (exact) mass is 351 g/mol. The molecule has 1 fully saturated rings. The van der Waals surface area contributed by atoms with E-state index in [-0.39, 0.29) is 12.6 Å². The molecule has 1 atom stereocenters. The molecule has 0 bridgehead atoms. The van der Waals surface area contributed by atoms with Crippen LogP contribution in [-0.4, -0.2) is 30.3 Å². The third-order valence-corrected chi connectivity index (χ3v) is 4.16. The maximum atomic E-state index is 12.6. The predicted molar refractivity (Wildman–Crippen MR) is 79.1 cm³/mol. The Morgan fingerprint density at radius 2 is 2.10 bits per heavy atom. The molecule has 6 heteroatoms. The fourth-order valence-corrected chi connectivity index (χ4v) is 2.93. The molecule has 1 aliphatic heterocycles. The lowest BCUT2D eigenvalue weighted by Crippen LogP contribution is -2.49. The third kappa shape index (κ3) is 2.37. The molecule has 1 unspecified atom stereocenters. The highest BCUT2D eigenvalue weighted by Gasteiger charge is 2.49. The second-order valence-electron chi connectivity index (χ2n) is 5.15. The molecule has 1 aromatic carbocycles. The van der Waals surface area contributed by atoms with E-state index in [4.69, 9.17) is 4.74 Å². The molecule has 0 saturated heterocycles. The second-order valence-corrected chi connectivity index (χ2v) is 6.07. The van der Waals surface area contributed by atoms with Crippen molar-refractivity contribution in [2.24, 2.45) is 5.92 Å². The van der Waals surface area contributed by atoms with Gasteiger partial charge in [0, 0.05) is 16.1 Å². The Morgan fingerprint density at radius 3 is 2.71 bits per heavy atom. The fourth-order valence-electron chi connectivity index (χ4n) is 2.58. The number of carbonyl (C=O) groups is 3. The van der Waals surface area contributed by atoms with Crippen LogP contribution in [0.3, 0.4) is 0 Å². The summed E-state index contributed by atoms with van der Waals surface area (Å²) in [7, 11) is 0. The van der Waals surface area contributed by atoms with Gasteiger partial charge in [-0.15, -0.1) is 0 Å². The molecule has 1 saturated carbocycles. The standard InChI is InChI=1S/C15H14BrNO4/c1-2-21-15(20)12-13(18)10-6-3-8(16)7-11(10)17(14(12)19)9-4-5-9/h3,6-7,9,12H,2,4-5H2,1H3. The first-order valence-corrected chi connectivity index (χ1v) is 7.67. The predicted octanol–water partition coefficient (Wildman–Crippen LogP) is 2.32. The number of halogens is 1. The van der Waals surface area contributed by atoms with Crippen LogP contribution in [0.2, 0.25) is 0 Å². The molecule has 5 nitrogen and oxygen atoms in total. The van der Waals surface area contributed by atoms with Crippen molar-refractivity contribution in [1.29, 1.82) is 0 Å². The van der Waals surface area contributed by atoms with Gasteiger partial charge in [-0.25, -0.2) is 0 Å². The lowest BCUT2D eigenvalue weighted by atomic mass is 9.90. The number of benzene rings is 1. The van der Waals surface area contributed by atoms with Crippen molar-refractivity contribution in [1.82, 2.24) is 0 Å². The maximum Gasteiger partial charge on any atom is 0.326 e. The highest BCUT2D eigenvalue weighted by atomic mass is 79.9. The molecule has 0 spiro atoms. The number of fused-ring (bicyclic) bond motifs is 1. The summed E-state index contributed by atoms with van der Waals surface area (Å²) < 4.78 is 5.69. The minimum absolute atomic E-state index is 0.0792. The first kappa shape index (κ1) is 14.3. The largest absolute Gasteiger partial charge is 0.465 e. The third-order valence-electron chi connectivity index (χ3n) is 3.67. The van der Waals surface area contributed by atoms with Crippen molar-refractivity contribution in [3.63, 3.8) is 0 Å². The summed E-state index contributed by atoms with van der Waals surface area (Å²) in [5, 5.41) is 0. The number of anilines is 1. The first-order valence-electron chi connectivity index (χ1n) is 6.88. The van der Waals surface area contributed by atoms with Crippen LogP contribution >= 0.6 is 15.9 Å². The molecule has 2 aliphatic rings. The molecular weight excluding hydrogens is 338 g/mol. The summed E-state index contributed by atoms with van der Waals surface area (Å²) in [4.78, 5) is 38.6. The van der Waals surface area contributed by atoms with Crippen LogP contribution in [0.5, 0.6) is 0 Å². The Morgan fingerprint density at radius 1 is 1.38 bits per heavy atom.